The first-order valence-corrected chi connectivity index (χ1v) is 10.8. The Balaban J connectivity index is 1.52. The lowest BCUT2D eigenvalue weighted by molar-refractivity contribution is 0.0597. The van der Waals surface area contributed by atoms with Crippen molar-refractivity contribution in [3.05, 3.63) is 45.9 Å². The van der Waals surface area contributed by atoms with Crippen LogP contribution in [-0.2, 0) is 17.6 Å². The summed E-state index contributed by atoms with van der Waals surface area (Å²) in [5.74, 6) is 0.557. The van der Waals surface area contributed by atoms with Crippen LogP contribution < -0.4 is 5.32 Å². The van der Waals surface area contributed by atoms with E-state index in [1.54, 1.807) is 0 Å². The summed E-state index contributed by atoms with van der Waals surface area (Å²) in [5.41, 5.74) is 2.31. The van der Waals surface area contributed by atoms with E-state index in [4.69, 9.17) is 9.26 Å². The highest BCUT2D eigenvalue weighted by atomic mass is 32.1. The summed E-state index contributed by atoms with van der Waals surface area (Å²) < 4.78 is 10.4. The predicted molar refractivity (Wildman–Crippen MR) is 110 cm³/mol. The van der Waals surface area contributed by atoms with E-state index >= 15 is 0 Å². The number of carbonyl (C=O) groups excluding carboxylic acids is 2. The van der Waals surface area contributed by atoms with Crippen LogP contribution in [0.25, 0.3) is 11.5 Å². The van der Waals surface area contributed by atoms with E-state index in [1.165, 1.54) is 47.3 Å². The largest absolute Gasteiger partial charge is 0.465 e. The van der Waals surface area contributed by atoms with E-state index in [1.807, 2.05) is 0 Å². The lowest BCUT2D eigenvalue weighted by atomic mass is 9.95. The van der Waals surface area contributed by atoms with Gasteiger partial charge in [-0.05, 0) is 50.2 Å². The highest BCUT2D eigenvalue weighted by molar-refractivity contribution is 7.17. The van der Waals surface area contributed by atoms with Crippen LogP contribution >= 0.6 is 11.3 Å². The van der Waals surface area contributed by atoms with E-state index in [9.17, 15) is 9.59 Å². The van der Waals surface area contributed by atoms with Gasteiger partial charge in [0.15, 0.2) is 5.82 Å². The van der Waals surface area contributed by atoms with Gasteiger partial charge in [-0.1, -0.05) is 5.16 Å². The maximum Gasteiger partial charge on any atom is 0.338 e. The Bertz CT molecular complexity index is 1130. The zero-order valence-corrected chi connectivity index (χ0v) is 17.3. The predicted octanol–water partition coefficient (Wildman–Crippen LogP) is 3.99. The molecule has 2 aliphatic carbocycles. The number of rotatable bonds is 5. The molecular weight excluding hydrogens is 404 g/mol. The van der Waals surface area contributed by atoms with E-state index in [2.05, 4.69) is 20.4 Å². The first-order valence-electron chi connectivity index (χ1n) is 9.98. The van der Waals surface area contributed by atoms with Crippen molar-refractivity contribution in [2.75, 3.05) is 12.4 Å². The molecule has 0 radical (unpaired) electrons. The maximum atomic E-state index is 13.1. The monoisotopic (exact) mass is 424 g/mol. The Morgan fingerprint density at radius 1 is 1.23 bits per heavy atom. The summed E-state index contributed by atoms with van der Waals surface area (Å²) in [4.78, 5) is 34.9. The van der Waals surface area contributed by atoms with E-state index in [0.717, 1.165) is 49.9 Å². The summed E-state index contributed by atoms with van der Waals surface area (Å²) in [5, 5.41) is 7.77. The standard InChI is InChI=1S/C21H20N4O4S/c1-28-21(27)12-8-9-22-10-14(12)18(26)24-20-16(13-4-2-3-5-15(13)30-20)19-23-17(25-29-19)11-6-7-11/h8-11H,2-7H2,1H3,(H,24,26). The average Bonchev–Trinajstić information content (AvgIpc) is 3.40. The van der Waals surface area contributed by atoms with Gasteiger partial charge in [0.05, 0.1) is 23.8 Å². The molecule has 0 unspecified atom stereocenters. The number of aryl methyl sites for hydroxylation is 1. The van der Waals surface area contributed by atoms with Crippen molar-refractivity contribution < 1.29 is 18.8 Å². The van der Waals surface area contributed by atoms with Gasteiger partial charge < -0.3 is 14.6 Å². The third-order valence-electron chi connectivity index (χ3n) is 5.47. The summed E-state index contributed by atoms with van der Waals surface area (Å²) >= 11 is 1.54. The van der Waals surface area contributed by atoms with E-state index < -0.39 is 11.9 Å². The van der Waals surface area contributed by atoms with Crippen molar-refractivity contribution in [1.29, 1.82) is 0 Å². The molecule has 0 aromatic carbocycles. The van der Waals surface area contributed by atoms with Crippen molar-refractivity contribution in [2.24, 2.45) is 0 Å². The minimum atomic E-state index is -0.584. The number of hydrogen-bond acceptors (Lipinski definition) is 8. The molecule has 2 aliphatic rings. The van der Waals surface area contributed by atoms with Gasteiger partial charge >= 0.3 is 5.97 Å². The average molecular weight is 424 g/mol. The molecule has 1 N–H and O–H groups in total. The van der Waals surface area contributed by atoms with Crippen molar-refractivity contribution >= 4 is 28.2 Å². The molecule has 30 heavy (non-hydrogen) atoms. The molecule has 9 heteroatoms. The van der Waals surface area contributed by atoms with Gasteiger partial charge in [-0.2, -0.15) is 4.98 Å². The van der Waals surface area contributed by atoms with Gasteiger partial charge in [-0.15, -0.1) is 11.3 Å². The molecule has 0 atom stereocenters. The van der Waals surface area contributed by atoms with Crippen LogP contribution in [-0.4, -0.2) is 34.1 Å². The van der Waals surface area contributed by atoms with Crippen molar-refractivity contribution in [2.45, 2.75) is 44.4 Å². The topological polar surface area (TPSA) is 107 Å². The summed E-state index contributed by atoms with van der Waals surface area (Å²) in [6.07, 6.45) is 9.08. The van der Waals surface area contributed by atoms with Crippen molar-refractivity contribution in [1.82, 2.24) is 15.1 Å². The van der Waals surface area contributed by atoms with Gasteiger partial charge in [0.1, 0.15) is 5.00 Å². The third kappa shape index (κ3) is 3.39. The van der Waals surface area contributed by atoms with Gasteiger partial charge in [-0.25, -0.2) is 4.79 Å². The highest BCUT2D eigenvalue weighted by Gasteiger charge is 2.32. The number of aromatic nitrogens is 3. The molecule has 0 bridgehead atoms. The Labute approximate surface area is 176 Å². The second-order valence-corrected chi connectivity index (χ2v) is 8.62. The van der Waals surface area contributed by atoms with Gasteiger partial charge in [-0.3, -0.25) is 9.78 Å². The Morgan fingerprint density at radius 3 is 2.87 bits per heavy atom. The van der Waals surface area contributed by atoms with Crippen LogP contribution in [0, 0.1) is 0 Å². The zero-order chi connectivity index (χ0) is 20.7. The smallest absolute Gasteiger partial charge is 0.338 e. The first kappa shape index (κ1) is 18.9. The summed E-state index contributed by atoms with van der Waals surface area (Å²) in [7, 11) is 1.28. The fourth-order valence-electron chi connectivity index (χ4n) is 3.76. The van der Waals surface area contributed by atoms with E-state index in [0.29, 0.717) is 16.8 Å². The Hall–Kier alpha value is -3.07. The minimum Gasteiger partial charge on any atom is -0.465 e. The van der Waals surface area contributed by atoms with Crippen LogP contribution in [0.5, 0.6) is 0 Å². The molecule has 3 aromatic rings. The number of esters is 1. The molecule has 0 spiro atoms. The van der Waals surface area contributed by atoms with Crippen molar-refractivity contribution in [3.63, 3.8) is 0 Å². The normalized spacial score (nSPS) is 15.5. The van der Waals surface area contributed by atoms with Gasteiger partial charge in [0.25, 0.3) is 11.8 Å². The fraction of sp³-hybridized carbons (Fsp3) is 0.381. The van der Waals surface area contributed by atoms with E-state index in [-0.39, 0.29) is 11.1 Å². The maximum absolute atomic E-state index is 13.1. The molecule has 154 valence electrons. The SMILES string of the molecule is COC(=O)c1ccncc1C(=O)Nc1sc2c(c1-c1nc(C3CC3)no1)CCCC2. The first-order chi connectivity index (χ1) is 14.7. The number of ether oxygens (including phenoxy) is 1. The molecule has 1 amide bonds. The molecule has 1 fully saturated rings. The fourth-order valence-corrected chi connectivity index (χ4v) is 5.03. The Morgan fingerprint density at radius 2 is 2.07 bits per heavy atom. The molecule has 3 heterocycles. The van der Waals surface area contributed by atoms with Crippen LogP contribution in [0.4, 0.5) is 5.00 Å². The molecule has 0 aliphatic heterocycles. The number of amides is 1. The molecule has 3 aromatic heterocycles. The van der Waals surface area contributed by atoms with Crippen LogP contribution in [0.3, 0.4) is 0 Å². The van der Waals surface area contributed by atoms with Crippen LogP contribution in [0.15, 0.2) is 23.0 Å². The highest BCUT2D eigenvalue weighted by Crippen LogP contribution is 2.45. The third-order valence-corrected chi connectivity index (χ3v) is 6.67. The molecule has 0 saturated heterocycles. The number of anilines is 1. The number of carbonyl (C=O) groups is 2. The number of nitrogens with zero attached hydrogens (tertiary/aromatic N) is 3. The lowest BCUT2D eigenvalue weighted by Gasteiger charge is -2.11. The number of fused-ring (bicyclic) bond motifs is 1. The van der Waals surface area contributed by atoms with Crippen LogP contribution in [0.1, 0.15) is 68.6 Å². The number of hydrogen-bond donors (Lipinski definition) is 1. The molecule has 1 saturated carbocycles. The molecule has 8 nitrogen and oxygen atoms in total. The minimum absolute atomic E-state index is 0.158. The zero-order valence-electron chi connectivity index (χ0n) is 16.4. The number of pyridine rings is 1. The summed E-state index contributed by atoms with van der Waals surface area (Å²) in [6.45, 7) is 0. The van der Waals surface area contributed by atoms with Gasteiger partial charge in [0.2, 0.25) is 0 Å². The second-order valence-electron chi connectivity index (χ2n) is 7.51. The lowest BCUT2D eigenvalue weighted by Crippen LogP contribution is -2.17. The molecular formula is C21H20N4O4S. The second kappa shape index (κ2) is 7.64. The van der Waals surface area contributed by atoms with Crippen molar-refractivity contribution in [3.8, 4) is 11.5 Å². The Kier molecular flexibility index (Phi) is 4.82. The van der Waals surface area contributed by atoms with Crippen LogP contribution in [0.2, 0.25) is 0 Å². The summed E-state index contributed by atoms with van der Waals surface area (Å²) in [6, 6.07) is 1.47. The number of methoxy groups -OCH3 is 1. The number of thiophene rings is 1. The number of nitrogens with one attached hydrogen (secondary N) is 1. The van der Waals surface area contributed by atoms with Gasteiger partial charge in [0, 0.05) is 23.2 Å². The molecule has 5 rings (SSSR count). The quantitative estimate of drug-likeness (QED) is 0.617.